The molecule has 5 N–H and O–H groups in total. The van der Waals surface area contributed by atoms with E-state index < -0.39 is 5.82 Å². The quantitative estimate of drug-likeness (QED) is 0.417. The molecule has 202 valence electrons. The first kappa shape index (κ1) is 25.4. The minimum Gasteiger partial charge on any atom is -0.397 e. The van der Waals surface area contributed by atoms with Crippen LogP contribution in [0.3, 0.4) is 0 Å². The monoisotopic (exact) mass is 540 g/mol. The minimum atomic E-state index is -0.429. The first-order valence-corrected chi connectivity index (χ1v) is 13.9. The predicted octanol–water partition coefficient (Wildman–Crippen LogP) is 2.72. The van der Waals surface area contributed by atoms with Gasteiger partial charge in [0.2, 0.25) is 0 Å². The fourth-order valence-electron chi connectivity index (χ4n) is 5.39. The van der Waals surface area contributed by atoms with E-state index in [4.69, 9.17) is 25.9 Å². The zero-order valence-electron chi connectivity index (χ0n) is 21.6. The van der Waals surface area contributed by atoms with Gasteiger partial charge in [-0.3, -0.25) is 4.79 Å². The number of aryl methyl sites for hydroxylation is 2. The number of ether oxygens (including phenoxy) is 2. The van der Waals surface area contributed by atoms with E-state index in [1.165, 1.54) is 17.4 Å². The molecule has 0 bridgehead atoms. The number of carbonyl (C=O) groups is 1. The van der Waals surface area contributed by atoms with Crippen LogP contribution in [0, 0.1) is 12.7 Å². The molecule has 3 aliphatic rings. The molecule has 3 aromatic rings. The highest BCUT2D eigenvalue weighted by Gasteiger charge is 2.45. The Labute approximate surface area is 224 Å². The topological polar surface area (TPSA) is 129 Å². The number of methoxy groups -OCH3 is 1. The van der Waals surface area contributed by atoms with Gasteiger partial charge < -0.3 is 31.2 Å². The zero-order chi connectivity index (χ0) is 26.6. The molecule has 6 rings (SSSR count). The van der Waals surface area contributed by atoms with Gasteiger partial charge in [-0.1, -0.05) is 6.07 Å². The van der Waals surface area contributed by atoms with Gasteiger partial charge in [-0.15, -0.1) is 11.3 Å². The molecule has 2 aliphatic carbocycles. The summed E-state index contributed by atoms with van der Waals surface area (Å²) in [5.74, 6) is 0.232. The Bertz CT molecular complexity index is 1390. The second kappa shape index (κ2) is 9.71. The van der Waals surface area contributed by atoms with Gasteiger partial charge in [0.1, 0.15) is 21.3 Å². The molecule has 11 heteroatoms. The Kier molecular flexibility index (Phi) is 6.50. The molecule has 3 aromatic heterocycles. The average Bonchev–Trinajstić information content (AvgIpc) is 3.50. The van der Waals surface area contributed by atoms with Crippen LogP contribution >= 0.6 is 11.3 Å². The highest BCUT2D eigenvalue weighted by Crippen LogP contribution is 2.39. The van der Waals surface area contributed by atoms with E-state index >= 15 is 0 Å². The second-order valence-corrected chi connectivity index (χ2v) is 11.7. The van der Waals surface area contributed by atoms with Crippen LogP contribution in [0.4, 0.5) is 15.9 Å². The lowest BCUT2D eigenvalue weighted by molar-refractivity contribution is -0.0383. The third-order valence-corrected chi connectivity index (χ3v) is 9.19. The number of pyridine rings is 2. The number of nitrogens with two attached hydrogens (primary N) is 2. The van der Waals surface area contributed by atoms with Crippen LogP contribution in [-0.4, -0.2) is 66.5 Å². The van der Waals surface area contributed by atoms with Crippen LogP contribution in [0.2, 0.25) is 0 Å². The van der Waals surface area contributed by atoms with E-state index in [9.17, 15) is 9.18 Å². The van der Waals surface area contributed by atoms with Crippen LogP contribution in [0.25, 0.3) is 10.2 Å². The summed E-state index contributed by atoms with van der Waals surface area (Å²) in [6.07, 6.45) is 4.26. The van der Waals surface area contributed by atoms with Gasteiger partial charge in [0.25, 0.3) is 5.91 Å². The molecule has 0 spiro atoms. The summed E-state index contributed by atoms with van der Waals surface area (Å²) < 4.78 is 25.7. The Morgan fingerprint density at radius 1 is 1.32 bits per heavy atom. The van der Waals surface area contributed by atoms with E-state index in [0.29, 0.717) is 41.2 Å². The van der Waals surface area contributed by atoms with Gasteiger partial charge in [-0.25, -0.2) is 14.4 Å². The average molecular weight is 541 g/mol. The maximum Gasteiger partial charge on any atom is 0.263 e. The van der Waals surface area contributed by atoms with Crippen LogP contribution in [0.5, 0.6) is 0 Å². The number of hydrogen-bond acceptors (Lipinski definition) is 9. The van der Waals surface area contributed by atoms with Crippen LogP contribution < -0.4 is 21.7 Å². The van der Waals surface area contributed by atoms with Crippen molar-refractivity contribution in [2.45, 2.75) is 62.8 Å². The number of thiophene rings is 1. The van der Waals surface area contributed by atoms with Gasteiger partial charge in [-0.05, 0) is 56.7 Å². The van der Waals surface area contributed by atoms with Crippen molar-refractivity contribution in [3.05, 3.63) is 45.8 Å². The van der Waals surface area contributed by atoms with Gasteiger partial charge in [0.15, 0.2) is 0 Å². The molecule has 38 heavy (non-hydrogen) atoms. The van der Waals surface area contributed by atoms with Crippen molar-refractivity contribution in [2.75, 3.05) is 37.4 Å². The molecule has 3 unspecified atom stereocenters. The smallest absolute Gasteiger partial charge is 0.263 e. The molecular weight excluding hydrogens is 507 g/mol. The molecule has 0 aromatic carbocycles. The Balaban J connectivity index is 1.09. The van der Waals surface area contributed by atoms with Crippen LogP contribution in [0.1, 0.15) is 45.9 Å². The number of fused-ring (bicyclic) bond motifs is 2. The summed E-state index contributed by atoms with van der Waals surface area (Å²) in [6, 6.07) is 5.38. The Morgan fingerprint density at radius 3 is 2.89 bits per heavy atom. The van der Waals surface area contributed by atoms with E-state index in [1.807, 2.05) is 6.07 Å². The minimum absolute atomic E-state index is 0.0350. The highest BCUT2D eigenvalue weighted by atomic mass is 32.1. The first-order valence-electron chi connectivity index (χ1n) is 13.1. The third-order valence-electron chi connectivity index (χ3n) is 8.08. The van der Waals surface area contributed by atoms with Crippen molar-refractivity contribution in [3.63, 3.8) is 0 Å². The first-order chi connectivity index (χ1) is 18.2. The van der Waals surface area contributed by atoms with Crippen molar-refractivity contribution in [1.82, 2.24) is 15.3 Å². The normalized spacial score (nSPS) is 24.0. The number of anilines is 2. The molecule has 3 atom stereocenters. The van der Waals surface area contributed by atoms with E-state index in [1.54, 1.807) is 14.0 Å². The number of aromatic nitrogens is 2. The predicted molar refractivity (Wildman–Crippen MR) is 145 cm³/mol. The number of nitrogen functional groups attached to an aromatic ring is 1. The molecular formula is C27H33FN6O3S. The molecule has 9 nitrogen and oxygen atoms in total. The van der Waals surface area contributed by atoms with Crippen molar-refractivity contribution >= 4 is 39.0 Å². The van der Waals surface area contributed by atoms with E-state index in [2.05, 4.69) is 21.3 Å². The lowest BCUT2D eigenvalue weighted by Crippen LogP contribution is -2.39. The lowest BCUT2D eigenvalue weighted by atomic mass is 9.91. The Morgan fingerprint density at radius 2 is 2.13 bits per heavy atom. The van der Waals surface area contributed by atoms with Crippen LogP contribution in [-0.2, 0) is 22.3 Å². The standard InChI is InChI=1S/C27H33FN6O3S/c1-14-18(28)10-17-23(30)24(38-26(17)31-14)25(35)32-16-4-5-20-15(9-16)3-6-22(33-20)34-11-19(29)21(12-34)37-13-27(36-2)7-8-27/h3,6,10,16,19,21H,4-5,7-9,11-13,29-30H2,1-2H3,(H,32,35). The molecule has 4 heterocycles. The Hall–Kier alpha value is -2.86. The number of nitrogens with one attached hydrogen (secondary N) is 1. The van der Waals surface area contributed by atoms with Crippen molar-refractivity contribution < 1.29 is 18.7 Å². The number of nitrogens with zero attached hydrogens (tertiary/aromatic N) is 3. The number of halogens is 1. The summed E-state index contributed by atoms with van der Waals surface area (Å²) >= 11 is 1.19. The fourth-order valence-corrected chi connectivity index (χ4v) is 6.42. The van der Waals surface area contributed by atoms with Crippen molar-refractivity contribution in [3.8, 4) is 0 Å². The third kappa shape index (κ3) is 4.72. The molecule has 1 saturated carbocycles. The lowest BCUT2D eigenvalue weighted by Gasteiger charge is -2.26. The van der Waals surface area contributed by atoms with Gasteiger partial charge in [0.05, 0.1) is 35.7 Å². The summed E-state index contributed by atoms with van der Waals surface area (Å²) in [4.78, 5) is 25.4. The molecule has 2 fully saturated rings. The van der Waals surface area contributed by atoms with E-state index in [-0.39, 0.29) is 41.1 Å². The summed E-state index contributed by atoms with van der Waals surface area (Å²) in [7, 11) is 1.74. The highest BCUT2D eigenvalue weighted by molar-refractivity contribution is 7.21. The zero-order valence-corrected chi connectivity index (χ0v) is 22.4. The van der Waals surface area contributed by atoms with Crippen LogP contribution in [0.15, 0.2) is 18.2 Å². The largest absolute Gasteiger partial charge is 0.397 e. The van der Waals surface area contributed by atoms with Crippen molar-refractivity contribution in [2.24, 2.45) is 5.73 Å². The number of carbonyl (C=O) groups excluding carboxylic acids is 1. The number of hydrogen-bond donors (Lipinski definition) is 3. The number of rotatable bonds is 7. The summed E-state index contributed by atoms with van der Waals surface area (Å²) in [5.41, 5.74) is 15.2. The van der Waals surface area contributed by atoms with Gasteiger partial charge >= 0.3 is 0 Å². The molecule has 1 aliphatic heterocycles. The molecule has 1 amide bonds. The maximum atomic E-state index is 14.0. The SMILES string of the molecule is COC1(COC2CN(c3ccc4c(n3)CCC(NC(=O)c3sc5nc(C)c(F)cc5c3N)C4)CC2N)CC1. The molecule has 0 radical (unpaired) electrons. The maximum absolute atomic E-state index is 14.0. The van der Waals surface area contributed by atoms with Gasteiger partial charge in [0, 0.05) is 37.3 Å². The molecule has 1 saturated heterocycles. The van der Waals surface area contributed by atoms with Crippen molar-refractivity contribution in [1.29, 1.82) is 0 Å². The fraction of sp³-hybridized carbons (Fsp3) is 0.519. The van der Waals surface area contributed by atoms with E-state index in [0.717, 1.165) is 42.8 Å². The second-order valence-electron chi connectivity index (χ2n) is 10.7. The summed E-state index contributed by atoms with van der Waals surface area (Å²) in [5, 5.41) is 3.59. The van der Waals surface area contributed by atoms with Gasteiger partial charge in [-0.2, -0.15) is 0 Å². The summed E-state index contributed by atoms with van der Waals surface area (Å²) in [6.45, 7) is 3.59. The number of amides is 1.